The highest BCUT2D eigenvalue weighted by molar-refractivity contribution is 4.81. The summed E-state index contributed by atoms with van der Waals surface area (Å²) in [6.07, 6.45) is 2.81. The predicted molar refractivity (Wildman–Crippen MR) is 59.6 cm³/mol. The zero-order valence-corrected chi connectivity index (χ0v) is 9.34. The van der Waals surface area contributed by atoms with Crippen molar-refractivity contribution >= 4 is 0 Å². The lowest BCUT2D eigenvalue weighted by Gasteiger charge is -2.34. The summed E-state index contributed by atoms with van der Waals surface area (Å²) in [5.74, 6) is 0. The largest absolute Gasteiger partial charge is 0.313 e. The number of rotatable bonds is 5. The van der Waals surface area contributed by atoms with Crippen LogP contribution < -0.4 is 5.32 Å². The molecule has 1 N–H and O–H groups in total. The van der Waals surface area contributed by atoms with Crippen molar-refractivity contribution in [2.24, 2.45) is 0 Å². The van der Waals surface area contributed by atoms with Crippen molar-refractivity contribution < 1.29 is 0 Å². The minimum atomic E-state index is 0.868. The molecule has 0 aromatic heterocycles. The number of hydrogen-bond donors (Lipinski definition) is 1. The van der Waals surface area contributed by atoms with E-state index in [0.717, 1.165) is 6.04 Å². The van der Waals surface area contributed by atoms with Crippen molar-refractivity contribution in [3.8, 4) is 0 Å². The summed E-state index contributed by atoms with van der Waals surface area (Å²) >= 11 is 0. The van der Waals surface area contributed by atoms with Crippen molar-refractivity contribution in [1.82, 2.24) is 15.1 Å². The Labute approximate surface area is 87.4 Å². The van der Waals surface area contributed by atoms with Gasteiger partial charge in [-0.05, 0) is 19.4 Å². The molecule has 1 aliphatic heterocycles. The Bertz CT molecular complexity index is 160. The molecule has 0 spiro atoms. The molecule has 0 amide bonds. The van der Waals surface area contributed by atoms with Gasteiger partial charge in [-0.2, -0.15) is 0 Å². The zero-order chi connectivity index (χ0) is 9.80. The van der Waals surface area contributed by atoms with E-state index in [1.54, 1.807) is 0 Å². The molecule has 3 nitrogen and oxygen atoms in total. The molecule has 14 heavy (non-hydrogen) atoms. The molecular weight excluding hydrogens is 174 g/mol. The maximum atomic E-state index is 3.57. The first-order valence-electron chi connectivity index (χ1n) is 6.06. The van der Waals surface area contributed by atoms with Crippen LogP contribution in [-0.2, 0) is 0 Å². The lowest BCUT2D eigenvalue weighted by Crippen LogP contribution is -2.47. The molecular formula is C11H23N3. The van der Waals surface area contributed by atoms with Crippen LogP contribution >= 0.6 is 0 Å². The highest BCUT2D eigenvalue weighted by Crippen LogP contribution is 2.18. The second-order valence-corrected chi connectivity index (χ2v) is 4.50. The molecule has 2 rings (SSSR count). The minimum absolute atomic E-state index is 0.868. The standard InChI is InChI=1S/C11H23N3/c1-2-13-7-9-14(10-8-13)6-5-12-11-3-4-11/h11-12H,2-10H2,1H3. The number of hydrogen-bond acceptors (Lipinski definition) is 3. The van der Waals surface area contributed by atoms with Crippen LogP contribution in [0.1, 0.15) is 19.8 Å². The first-order valence-corrected chi connectivity index (χ1v) is 6.06. The van der Waals surface area contributed by atoms with Crippen molar-refractivity contribution in [2.45, 2.75) is 25.8 Å². The van der Waals surface area contributed by atoms with Gasteiger partial charge in [0, 0.05) is 45.3 Å². The number of nitrogens with one attached hydrogen (secondary N) is 1. The highest BCUT2D eigenvalue weighted by atomic mass is 15.3. The smallest absolute Gasteiger partial charge is 0.0110 e. The van der Waals surface area contributed by atoms with E-state index in [1.807, 2.05) is 0 Å². The van der Waals surface area contributed by atoms with Gasteiger partial charge in [0.2, 0.25) is 0 Å². The van der Waals surface area contributed by atoms with Crippen LogP contribution in [0.25, 0.3) is 0 Å². The van der Waals surface area contributed by atoms with Gasteiger partial charge in [-0.25, -0.2) is 0 Å². The Balaban J connectivity index is 1.53. The lowest BCUT2D eigenvalue weighted by molar-refractivity contribution is 0.138. The quantitative estimate of drug-likeness (QED) is 0.687. The highest BCUT2D eigenvalue weighted by Gasteiger charge is 2.20. The lowest BCUT2D eigenvalue weighted by atomic mass is 10.3. The summed E-state index contributed by atoms with van der Waals surface area (Å²) in [5.41, 5.74) is 0. The fourth-order valence-corrected chi connectivity index (χ4v) is 2.04. The molecule has 2 aliphatic rings. The Kier molecular flexibility index (Phi) is 3.79. The average molecular weight is 197 g/mol. The molecule has 1 heterocycles. The Morgan fingerprint density at radius 1 is 1.07 bits per heavy atom. The van der Waals surface area contributed by atoms with E-state index in [0.29, 0.717) is 0 Å². The van der Waals surface area contributed by atoms with E-state index in [9.17, 15) is 0 Å². The second kappa shape index (κ2) is 5.10. The monoisotopic (exact) mass is 197 g/mol. The van der Waals surface area contributed by atoms with E-state index < -0.39 is 0 Å². The molecule has 3 heteroatoms. The number of piperazine rings is 1. The van der Waals surface area contributed by atoms with Gasteiger partial charge in [-0.3, -0.25) is 4.90 Å². The van der Waals surface area contributed by atoms with E-state index in [4.69, 9.17) is 0 Å². The Morgan fingerprint density at radius 2 is 1.71 bits per heavy atom. The molecule has 1 aliphatic carbocycles. The molecule has 0 aromatic rings. The third-order valence-corrected chi connectivity index (χ3v) is 3.35. The van der Waals surface area contributed by atoms with E-state index in [2.05, 4.69) is 22.0 Å². The van der Waals surface area contributed by atoms with Crippen LogP contribution in [0.15, 0.2) is 0 Å². The summed E-state index contributed by atoms with van der Waals surface area (Å²) < 4.78 is 0. The Morgan fingerprint density at radius 3 is 2.29 bits per heavy atom. The van der Waals surface area contributed by atoms with Crippen molar-refractivity contribution in [2.75, 3.05) is 45.8 Å². The van der Waals surface area contributed by atoms with Crippen LogP contribution in [0.3, 0.4) is 0 Å². The fraction of sp³-hybridized carbons (Fsp3) is 1.00. The molecule has 0 bridgehead atoms. The third kappa shape index (κ3) is 3.23. The third-order valence-electron chi connectivity index (χ3n) is 3.35. The molecule has 82 valence electrons. The van der Waals surface area contributed by atoms with Gasteiger partial charge >= 0.3 is 0 Å². The van der Waals surface area contributed by atoms with Crippen LogP contribution in [0.2, 0.25) is 0 Å². The van der Waals surface area contributed by atoms with E-state index in [-0.39, 0.29) is 0 Å². The van der Waals surface area contributed by atoms with Crippen molar-refractivity contribution in [3.05, 3.63) is 0 Å². The van der Waals surface area contributed by atoms with Gasteiger partial charge in [0.15, 0.2) is 0 Å². The summed E-state index contributed by atoms with van der Waals surface area (Å²) in [6.45, 7) is 11.0. The van der Waals surface area contributed by atoms with Gasteiger partial charge in [-0.1, -0.05) is 6.92 Å². The second-order valence-electron chi connectivity index (χ2n) is 4.50. The maximum absolute atomic E-state index is 3.57. The number of likely N-dealkylation sites (N-methyl/N-ethyl adjacent to an activating group) is 1. The van der Waals surface area contributed by atoms with E-state index in [1.165, 1.54) is 58.7 Å². The molecule has 2 fully saturated rings. The minimum Gasteiger partial charge on any atom is -0.313 e. The van der Waals surface area contributed by atoms with Crippen molar-refractivity contribution in [1.29, 1.82) is 0 Å². The summed E-state index contributed by atoms with van der Waals surface area (Å²) in [4.78, 5) is 5.12. The fourth-order valence-electron chi connectivity index (χ4n) is 2.04. The zero-order valence-electron chi connectivity index (χ0n) is 9.34. The molecule has 1 saturated heterocycles. The van der Waals surface area contributed by atoms with Crippen molar-refractivity contribution in [3.63, 3.8) is 0 Å². The molecule has 0 atom stereocenters. The topological polar surface area (TPSA) is 18.5 Å². The molecule has 0 aromatic carbocycles. The Hall–Kier alpha value is -0.120. The molecule has 0 radical (unpaired) electrons. The average Bonchev–Trinajstić information content (AvgIpc) is 3.03. The summed E-state index contributed by atoms with van der Waals surface area (Å²) in [7, 11) is 0. The van der Waals surface area contributed by atoms with Crippen LogP contribution in [0.5, 0.6) is 0 Å². The van der Waals surface area contributed by atoms with Gasteiger partial charge < -0.3 is 10.2 Å². The van der Waals surface area contributed by atoms with Crippen LogP contribution in [0.4, 0.5) is 0 Å². The normalized spacial score (nSPS) is 25.5. The first kappa shape index (κ1) is 10.4. The van der Waals surface area contributed by atoms with Crippen LogP contribution in [-0.4, -0.2) is 61.7 Å². The predicted octanol–water partition coefficient (Wildman–Crippen LogP) is 0.376. The summed E-state index contributed by atoms with van der Waals surface area (Å²) in [6, 6.07) is 0.868. The van der Waals surface area contributed by atoms with Gasteiger partial charge in [-0.15, -0.1) is 0 Å². The molecule has 1 saturated carbocycles. The first-order chi connectivity index (χ1) is 6.88. The van der Waals surface area contributed by atoms with E-state index >= 15 is 0 Å². The van der Waals surface area contributed by atoms with Gasteiger partial charge in [0.1, 0.15) is 0 Å². The van der Waals surface area contributed by atoms with Crippen LogP contribution in [0, 0.1) is 0 Å². The maximum Gasteiger partial charge on any atom is 0.0110 e. The van der Waals surface area contributed by atoms with Gasteiger partial charge in [0.25, 0.3) is 0 Å². The molecule has 0 unspecified atom stereocenters. The summed E-state index contributed by atoms with van der Waals surface area (Å²) in [5, 5.41) is 3.57. The van der Waals surface area contributed by atoms with Gasteiger partial charge in [0.05, 0.1) is 0 Å². The SMILES string of the molecule is CCN1CCN(CCNC2CC2)CC1. The number of nitrogens with zero attached hydrogens (tertiary/aromatic N) is 2.